The van der Waals surface area contributed by atoms with Crippen LogP contribution >= 0.6 is 0 Å². The number of fused-ring (bicyclic) bond motifs is 1. The molecular formula is C19H25N3O4. The summed E-state index contributed by atoms with van der Waals surface area (Å²) in [5.74, 6) is -0.276. The van der Waals surface area contributed by atoms with Gasteiger partial charge in [-0.15, -0.1) is 0 Å². The van der Waals surface area contributed by atoms with E-state index < -0.39 is 0 Å². The number of benzene rings is 1. The van der Waals surface area contributed by atoms with Gasteiger partial charge in [-0.1, -0.05) is 0 Å². The second kappa shape index (κ2) is 7.86. The number of aryl methyl sites for hydroxylation is 1. The third-order valence-electron chi connectivity index (χ3n) is 4.77. The molecule has 2 aliphatic rings. The topological polar surface area (TPSA) is 87.7 Å². The van der Waals surface area contributed by atoms with Crippen LogP contribution in [0.3, 0.4) is 0 Å². The molecule has 2 aliphatic heterocycles. The SMILES string of the molecule is CC(=O)OC(C)CC1CN(C(=O)c2ccc3c(c2)CCC(=O)N3)CCN1. The summed E-state index contributed by atoms with van der Waals surface area (Å²) in [5, 5.41) is 6.22. The zero-order valence-corrected chi connectivity index (χ0v) is 15.2. The van der Waals surface area contributed by atoms with E-state index in [1.54, 1.807) is 6.07 Å². The number of piperazine rings is 1. The maximum Gasteiger partial charge on any atom is 0.302 e. The predicted molar refractivity (Wildman–Crippen MR) is 96.9 cm³/mol. The Morgan fingerprint density at radius 3 is 2.92 bits per heavy atom. The van der Waals surface area contributed by atoms with E-state index in [9.17, 15) is 14.4 Å². The second-order valence-electron chi connectivity index (χ2n) is 6.98. The summed E-state index contributed by atoms with van der Waals surface area (Å²) in [5.41, 5.74) is 2.45. The van der Waals surface area contributed by atoms with E-state index >= 15 is 0 Å². The normalized spacial score (nSPS) is 20.8. The van der Waals surface area contributed by atoms with Gasteiger partial charge in [0.05, 0.1) is 0 Å². The lowest BCUT2D eigenvalue weighted by Crippen LogP contribution is -2.53. The zero-order chi connectivity index (χ0) is 18.7. The van der Waals surface area contributed by atoms with Gasteiger partial charge in [0.25, 0.3) is 5.91 Å². The lowest BCUT2D eigenvalue weighted by molar-refractivity contribution is -0.146. The Morgan fingerprint density at radius 1 is 1.35 bits per heavy atom. The molecule has 3 rings (SSSR count). The Kier molecular flexibility index (Phi) is 5.56. The van der Waals surface area contributed by atoms with Crippen LogP contribution in [-0.2, 0) is 20.7 Å². The number of ether oxygens (including phenoxy) is 1. The van der Waals surface area contributed by atoms with Gasteiger partial charge < -0.3 is 20.3 Å². The number of rotatable bonds is 4. The molecular weight excluding hydrogens is 334 g/mol. The molecule has 2 heterocycles. The molecule has 2 amide bonds. The molecule has 7 heteroatoms. The lowest BCUT2D eigenvalue weighted by atomic mass is 9.99. The highest BCUT2D eigenvalue weighted by molar-refractivity contribution is 5.98. The summed E-state index contributed by atoms with van der Waals surface area (Å²) in [6.45, 7) is 5.20. The fraction of sp³-hybridized carbons (Fsp3) is 0.526. The molecule has 140 valence electrons. The number of esters is 1. The average Bonchev–Trinajstić information content (AvgIpc) is 2.60. The smallest absolute Gasteiger partial charge is 0.302 e. The minimum atomic E-state index is -0.289. The fourth-order valence-corrected chi connectivity index (χ4v) is 3.60. The molecule has 1 saturated heterocycles. The fourth-order valence-electron chi connectivity index (χ4n) is 3.60. The van der Waals surface area contributed by atoms with Gasteiger partial charge in [0.15, 0.2) is 0 Å². The minimum absolute atomic E-state index is 0.00339. The van der Waals surface area contributed by atoms with Crippen molar-refractivity contribution in [2.45, 2.75) is 45.3 Å². The van der Waals surface area contributed by atoms with Gasteiger partial charge in [0.2, 0.25) is 5.91 Å². The molecule has 7 nitrogen and oxygen atoms in total. The van der Waals surface area contributed by atoms with Crippen molar-refractivity contribution in [2.24, 2.45) is 0 Å². The summed E-state index contributed by atoms with van der Waals surface area (Å²) >= 11 is 0. The van der Waals surface area contributed by atoms with Crippen molar-refractivity contribution in [3.8, 4) is 0 Å². The third-order valence-corrected chi connectivity index (χ3v) is 4.77. The summed E-state index contributed by atoms with van der Waals surface area (Å²) in [6.07, 6.45) is 1.59. The number of amides is 2. The zero-order valence-electron chi connectivity index (χ0n) is 15.2. The Bertz CT molecular complexity index is 719. The van der Waals surface area contributed by atoms with E-state index in [2.05, 4.69) is 10.6 Å². The van der Waals surface area contributed by atoms with Crippen molar-refractivity contribution in [1.82, 2.24) is 10.2 Å². The van der Waals surface area contributed by atoms with Gasteiger partial charge in [-0.3, -0.25) is 14.4 Å². The van der Waals surface area contributed by atoms with Crippen molar-refractivity contribution in [1.29, 1.82) is 0 Å². The number of hydrogen-bond acceptors (Lipinski definition) is 5. The van der Waals surface area contributed by atoms with E-state index in [1.807, 2.05) is 24.0 Å². The molecule has 1 fully saturated rings. The van der Waals surface area contributed by atoms with E-state index in [-0.39, 0.29) is 29.9 Å². The highest BCUT2D eigenvalue weighted by atomic mass is 16.5. The summed E-state index contributed by atoms with van der Waals surface area (Å²) in [7, 11) is 0. The summed E-state index contributed by atoms with van der Waals surface area (Å²) in [4.78, 5) is 37.2. The van der Waals surface area contributed by atoms with Crippen molar-refractivity contribution in [3.63, 3.8) is 0 Å². The standard InChI is InChI=1S/C19H25N3O4/c1-12(26-13(2)23)9-16-11-22(8-7-20-16)19(25)15-3-5-17-14(10-15)4-6-18(24)21-17/h3,5,10,12,16,20H,4,6-9,11H2,1-2H3,(H,21,24). The Labute approximate surface area is 153 Å². The first-order chi connectivity index (χ1) is 12.4. The maximum absolute atomic E-state index is 12.9. The van der Waals surface area contributed by atoms with Crippen LogP contribution < -0.4 is 10.6 Å². The molecule has 2 unspecified atom stereocenters. The maximum atomic E-state index is 12.9. The van der Waals surface area contributed by atoms with Gasteiger partial charge in [0, 0.05) is 56.7 Å². The second-order valence-corrected chi connectivity index (χ2v) is 6.98. The first-order valence-corrected chi connectivity index (χ1v) is 9.05. The number of nitrogens with zero attached hydrogens (tertiary/aromatic N) is 1. The van der Waals surface area contributed by atoms with E-state index in [0.29, 0.717) is 44.5 Å². The Hall–Kier alpha value is -2.41. The molecule has 1 aromatic rings. The van der Waals surface area contributed by atoms with Crippen LogP contribution in [0.15, 0.2) is 18.2 Å². The molecule has 26 heavy (non-hydrogen) atoms. The Morgan fingerprint density at radius 2 is 2.15 bits per heavy atom. The minimum Gasteiger partial charge on any atom is -0.463 e. The van der Waals surface area contributed by atoms with Crippen molar-refractivity contribution < 1.29 is 19.1 Å². The van der Waals surface area contributed by atoms with Crippen LogP contribution in [0.1, 0.15) is 42.6 Å². The van der Waals surface area contributed by atoms with Gasteiger partial charge in [-0.25, -0.2) is 0 Å². The summed E-state index contributed by atoms with van der Waals surface area (Å²) in [6, 6.07) is 5.56. The third kappa shape index (κ3) is 4.40. The summed E-state index contributed by atoms with van der Waals surface area (Å²) < 4.78 is 5.19. The van der Waals surface area contributed by atoms with Gasteiger partial charge in [0.1, 0.15) is 6.10 Å². The molecule has 0 aliphatic carbocycles. The van der Waals surface area contributed by atoms with E-state index in [0.717, 1.165) is 11.3 Å². The molecule has 0 spiro atoms. The molecule has 1 aromatic carbocycles. The quantitative estimate of drug-likeness (QED) is 0.792. The predicted octanol–water partition coefficient (Wildman–Crippen LogP) is 1.33. The van der Waals surface area contributed by atoms with Gasteiger partial charge in [-0.2, -0.15) is 0 Å². The van der Waals surface area contributed by atoms with Crippen LogP contribution in [0.25, 0.3) is 0 Å². The number of carbonyl (C=O) groups is 3. The van der Waals surface area contributed by atoms with Crippen LogP contribution in [0.5, 0.6) is 0 Å². The molecule has 0 bridgehead atoms. The van der Waals surface area contributed by atoms with Crippen molar-refractivity contribution in [3.05, 3.63) is 29.3 Å². The number of anilines is 1. The highest BCUT2D eigenvalue weighted by Crippen LogP contribution is 2.24. The first kappa shape index (κ1) is 18.4. The lowest BCUT2D eigenvalue weighted by Gasteiger charge is -2.35. The van der Waals surface area contributed by atoms with Gasteiger partial charge in [-0.05, 0) is 37.1 Å². The number of hydrogen-bond donors (Lipinski definition) is 2. The molecule has 2 N–H and O–H groups in total. The van der Waals surface area contributed by atoms with Crippen LogP contribution in [-0.4, -0.2) is 54.5 Å². The average molecular weight is 359 g/mol. The van der Waals surface area contributed by atoms with Crippen molar-refractivity contribution >= 4 is 23.5 Å². The highest BCUT2D eigenvalue weighted by Gasteiger charge is 2.26. The molecule has 2 atom stereocenters. The number of nitrogens with one attached hydrogen (secondary N) is 2. The Balaban J connectivity index is 1.64. The molecule has 0 aromatic heterocycles. The number of carbonyl (C=O) groups excluding carboxylic acids is 3. The van der Waals surface area contributed by atoms with E-state index in [1.165, 1.54) is 6.92 Å². The van der Waals surface area contributed by atoms with Crippen molar-refractivity contribution in [2.75, 3.05) is 25.0 Å². The first-order valence-electron chi connectivity index (χ1n) is 9.05. The largest absolute Gasteiger partial charge is 0.463 e. The molecule has 0 saturated carbocycles. The monoisotopic (exact) mass is 359 g/mol. The van der Waals surface area contributed by atoms with Crippen LogP contribution in [0.4, 0.5) is 5.69 Å². The van der Waals surface area contributed by atoms with Gasteiger partial charge >= 0.3 is 5.97 Å². The molecule has 0 radical (unpaired) electrons. The van der Waals surface area contributed by atoms with Crippen LogP contribution in [0, 0.1) is 0 Å². The van der Waals surface area contributed by atoms with Crippen LogP contribution in [0.2, 0.25) is 0 Å². The van der Waals surface area contributed by atoms with E-state index in [4.69, 9.17) is 4.74 Å².